The van der Waals surface area contributed by atoms with Gasteiger partial charge in [-0.25, -0.2) is 14.8 Å². The SMILES string of the molecule is Cc1ccc2oc(=O)c(CN3CCc4nc(-c5cccnc5)ncc4C3)c(Cl)c2c1. The Morgan fingerprint density at radius 3 is 2.97 bits per heavy atom. The summed E-state index contributed by atoms with van der Waals surface area (Å²) >= 11 is 6.61. The van der Waals surface area contributed by atoms with E-state index in [4.69, 9.17) is 21.0 Å². The topological polar surface area (TPSA) is 72.1 Å². The lowest BCUT2D eigenvalue weighted by atomic mass is 10.1. The standard InChI is InChI=1S/C23H19ClN4O2/c1-14-4-5-20-17(9-14)21(24)18(23(29)30-20)13-28-8-6-19-16(12-28)11-26-22(27-19)15-3-2-7-25-10-15/h2-5,7,9-11H,6,8,12-13H2,1H3. The van der Waals surface area contributed by atoms with Gasteiger partial charge in [0.25, 0.3) is 0 Å². The van der Waals surface area contributed by atoms with Crippen LogP contribution >= 0.6 is 11.6 Å². The summed E-state index contributed by atoms with van der Waals surface area (Å²) in [5.41, 5.74) is 4.69. The Bertz CT molecular complexity index is 1300. The van der Waals surface area contributed by atoms with Gasteiger partial charge in [0.15, 0.2) is 5.82 Å². The average Bonchev–Trinajstić information content (AvgIpc) is 2.77. The van der Waals surface area contributed by atoms with E-state index in [9.17, 15) is 4.79 Å². The molecule has 0 atom stereocenters. The summed E-state index contributed by atoms with van der Waals surface area (Å²) in [6.45, 7) is 3.85. The molecule has 6 nitrogen and oxygen atoms in total. The van der Waals surface area contributed by atoms with Crippen LogP contribution in [0.5, 0.6) is 0 Å². The molecular formula is C23H19ClN4O2. The number of pyridine rings is 1. The molecule has 0 bridgehead atoms. The molecule has 1 aliphatic rings. The predicted molar refractivity (Wildman–Crippen MR) is 115 cm³/mol. The van der Waals surface area contributed by atoms with Gasteiger partial charge in [0.1, 0.15) is 5.58 Å². The molecule has 4 heterocycles. The second-order valence-corrected chi connectivity index (χ2v) is 7.93. The lowest BCUT2D eigenvalue weighted by Gasteiger charge is -2.28. The average molecular weight is 419 g/mol. The first-order chi connectivity index (χ1) is 14.6. The Morgan fingerprint density at radius 1 is 1.23 bits per heavy atom. The van der Waals surface area contributed by atoms with Crippen LogP contribution in [0, 0.1) is 6.92 Å². The van der Waals surface area contributed by atoms with Crippen LogP contribution in [0.2, 0.25) is 5.02 Å². The first-order valence-electron chi connectivity index (χ1n) is 9.78. The Kier molecular flexibility index (Phi) is 4.81. The Balaban J connectivity index is 1.41. The van der Waals surface area contributed by atoms with Crippen LogP contribution in [-0.2, 0) is 19.5 Å². The van der Waals surface area contributed by atoms with E-state index < -0.39 is 0 Å². The minimum atomic E-state index is -0.384. The van der Waals surface area contributed by atoms with E-state index in [2.05, 4.69) is 14.9 Å². The monoisotopic (exact) mass is 418 g/mol. The van der Waals surface area contributed by atoms with Crippen molar-refractivity contribution in [1.29, 1.82) is 0 Å². The minimum Gasteiger partial charge on any atom is -0.422 e. The number of hydrogen-bond donors (Lipinski definition) is 0. The molecule has 0 radical (unpaired) electrons. The maximum atomic E-state index is 12.6. The summed E-state index contributed by atoms with van der Waals surface area (Å²) in [5, 5.41) is 1.24. The first kappa shape index (κ1) is 18.9. The molecule has 150 valence electrons. The van der Waals surface area contributed by atoms with Crippen molar-refractivity contribution < 1.29 is 4.42 Å². The Morgan fingerprint density at radius 2 is 2.13 bits per heavy atom. The van der Waals surface area contributed by atoms with E-state index in [1.54, 1.807) is 18.5 Å². The molecule has 0 saturated heterocycles. The molecule has 1 aromatic carbocycles. The number of aryl methyl sites for hydroxylation is 1. The van der Waals surface area contributed by atoms with Crippen molar-refractivity contribution in [2.75, 3.05) is 6.54 Å². The van der Waals surface area contributed by atoms with Gasteiger partial charge < -0.3 is 4.42 Å². The van der Waals surface area contributed by atoms with E-state index in [-0.39, 0.29) is 5.63 Å². The van der Waals surface area contributed by atoms with E-state index in [0.717, 1.165) is 40.7 Å². The molecule has 7 heteroatoms. The normalized spacial score (nSPS) is 14.1. The van der Waals surface area contributed by atoms with Gasteiger partial charge in [0, 0.05) is 61.2 Å². The molecule has 0 saturated carbocycles. The number of benzene rings is 1. The summed E-state index contributed by atoms with van der Waals surface area (Å²) in [7, 11) is 0. The third kappa shape index (κ3) is 3.49. The number of aromatic nitrogens is 3. The van der Waals surface area contributed by atoms with Gasteiger partial charge in [0.05, 0.1) is 16.3 Å². The molecule has 5 rings (SSSR count). The van der Waals surface area contributed by atoms with E-state index in [0.29, 0.717) is 35.1 Å². The highest BCUT2D eigenvalue weighted by Gasteiger charge is 2.22. The molecule has 0 spiro atoms. The largest absolute Gasteiger partial charge is 0.422 e. The fourth-order valence-corrected chi connectivity index (χ4v) is 4.10. The highest BCUT2D eigenvalue weighted by atomic mass is 35.5. The predicted octanol–water partition coefficient (Wildman–Crippen LogP) is 4.17. The van der Waals surface area contributed by atoms with Crippen LogP contribution in [0.15, 0.2) is 58.1 Å². The van der Waals surface area contributed by atoms with Crippen molar-refractivity contribution in [3.63, 3.8) is 0 Å². The third-order valence-electron chi connectivity index (χ3n) is 5.40. The maximum Gasteiger partial charge on any atom is 0.342 e. The zero-order valence-electron chi connectivity index (χ0n) is 16.4. The zero-order chi connectivity index (χ0) is 20.7. The minimum absolute atomic E-state index is 0.384. The van der Waals surface area contributed by atoms with Crippen molar-refractivity contribution in [2.24, 2.45) is 0 Å². The van der Waals surface area contributed by atoms with Crippen LogP contribution in [0.1, 0.15) is 22.4 Å². The highest BCUT2D eigenvalue weighted by molar-refractivity contribution is 6.36. The molecule has 1 aliphatic heterocycles. The maximum absolute atomic E-state index is 12.6. The molecule has 3 aromatic heterocycles. The number of hydrogen-bond acceptors (Lipinski definition) is 6. The van der Waals surface area contributed by atoms with Crippen molar-refractivity contribution in [2.45, 2.75) is 26.4 Å². The van der Waals surface area contributed by atoms with Crippen LogP contribution in [-0.4, -0.2) is 26.4 Å². The van der Waals surface area contributed by atoms with Gasteiger partial charge in [-0.2, -0.15) is 0 Å². The number of rotatable bonds is 3. The summed E-state index contributed by atoms with van der Waals surface area (Å²) < 4.78 is 5.51. The molecule has 0 aliphatic carbocycles. The fraction of sp³-hybridized carbons (Fsp3) is 0.217. The summed E-state index contributed by atoms with van der Waals surface area (Å²) in [6.07, 6.45) is 6.14. The van der Waals surface area contributed by atoms with Crippen LogP contribution in [0.25, 0.3) is 22.4 Å². The van der Waals surface area contributed by atoms with Crippen molar-refractivity contribution in [3.8, 4) is 11.4 Å². The van der Waals surface area contributed by atoms with Gasteiger partial charge in [-0.3, -0.25) is 9.88 Å². The van der Waals surface area contributed by atoms with E-state index in [1.807, 2.05) is 37.4 Å². The van der Waals surface area contributed by atoms with Gasteiger partial charge in [-0.05, 0) is 31.2 Å². The van der Waals surface area contributed by atoms with E-state index in [1.165, 1.54) is 0 Å². The number of nitrogens with zero attached hydrogens (tertiary/aromatic N) is 4. The zero-order valence-corrected chi connectivity index (χ0v) is 17.2. The first-order valence-corrected chi connectivity index (χ1v) is 10.2. The smallest absolute Gasteiger partial charge is 0.342 e. The molecule has 0 amide bonds. The Labute approximate surface area is 178 Å². The van der Waals surface area contributed by atoms with Crippen LogP contribution in [0.4, 0.5) is 0 Å². The molecule has 4 aromatic rings. The molecule has 0 fully saturated rings. The fourth-order valence-electron chi connectivity index (χ4n) is 3.82. The quantitative estimate of drug-likeness (QED) is 0.465. The summed E-state index contributed by atoms with van der Waals surface area (Å²) in [4.78, 5) is 28.1. The lowest BCUT2D eigenvalue weighted by molar-refractivity contribution is 0.240. The highest BCUT2D eigenvalue weighted by Crippen LogP contribution is 2.28. The molecular weight excluding hydrogens is 400 g/mol. The van der Waals surface area contributed by atoms with Crippen molar-refractivity contribution in [3.05, 3.63) is 86.7 Å². The Hall–Kier alpha value is -3.09. The van der Waals surface area contributed by atoms with Gasteiger partial charge in [-0.15, -0.1) is 0 Å². The van der Waals surface area contributed by atoms with Gasteiger partial charge in [0.2, 0.25) is 0 Å². The van der Waals surface area contributed by atoms with Gasteiger partial charge in [-0.1, -0.05) is 23.2 Å². The molecule has 0 N–H and O–H groups in total. The molecule has 30 heavy (non-hydrogen) atoms. The molecule has 0 unspecified atom stereocenters. The number of halogens is 1. The second kappa shape index (κ2) is 7.63. The van der Waals surface area contributed by atoms with Crippen molar-refractivity contribution in [1.82, 2.24) is 19.9 Å². The van der Waals surface area contributed by atoms with Gasteiger partial charge >= 0.3 is 5.63 Å². The van der Waals surface area contributed by atoms with Crippen LogP contribution < -0.4 is 5.63 Å². The third-order valence-corrected chi connectivity index (χ3v) is 5.83. The lowest BCUT2D eigenvalue weighted by Crippen LogP contribution is -2.32. The summed E-state index contributed by atoms with van der Waals surface area (Å²) in [6, 6.07) is 9.47. The van der Waals surface area contributed by atoms with Crippen molar-refractivity contribution >= 4 is 22.6 Å². The number of fused-ring (bicyclic) bond motifs is 2. The second-order valence-electron chi connectivity index (χ2n) is 7.55. The van der Waals surface area contributed by atoms with Crippen LogP contribution in [0.3, 0.4) is 0 Å². The summed E-state index contributed by atoms with van der Waals surface area (Å²) in [5.74, 6) is 0.684. The van der Waals surface area contributed by atoms with E-state index >= 15 is 0 Å².